The van der Waals surface area contributed by atoms with Gasteiger partial charge in [0.25, 0.3) is 0 Å². The van der Waals surface area contributed by atoms with Crippen LogP contribution in [-0.4, -0.2) is 71.3 Å². The maximum atomic E-state index is 14.0. The molecule has 0 bridgehead atoms. The highest BCUT2D eigenvalue weighted by molar-refractivity contribution is 7.92. The van der Waals surface area contributed by atoms with Crippen molar-refractivity contribution < 1.29 is 32.2 Å². The van der Waals surface area contributed by atoms with Crippen molar-refractivity contribution in [3.8, 4) is 17.2 Å². The van der Waals surface area contributed by atoms with Gasteiger partial charge in [-0.3, -0.25) is 13.9 Å². The van der Waals surface area contributed by atoms with Crippen LogP contribution in [0.25, 0.3) is 0 Å². The van der Waals surface area contributed by atoms with Crippen LogP contribution in [0, 0.1) is 0 Å². The van der Waals surface area contributed by atoms with Gasteiger partial charge in [0, 0.05) is 18.7 Å². The minimum atomic E-state index is -3.91. The lowest BCUT2D eigenvalue weighted by Crippen LogP contribution is -2.54. The van der Waals surface area contributed by atoms with Crippen LogP contribution in [0.3, 0.4) is 0 Å². The minimum Gasteiger partial charge on any atom is -0.497 e. The van der Waals surface area contributed by atoms with E-state index >= 15 is 0 Å². The van der Waals surface area contributed by atoms with E-state index in [1.807, 2.05) is 19.1 Å². The summed E-state index contributed by atoms with van der Waals surface area (Å²) in [5.41, 5.74) is 0.949. The highest BCUT2D eigenvalue weighted by Gasteiger charge is 2.33. The fourth-order valence-electron chi connectivity index (χ4n) is 5.02. The van der Waals surface area contributed by atoms with Crippen molar-refractivity contribution in [1.29, 1.82) is 0 Å². The highest BCUT2D eigenvalue weighted by Crippen LogP contribution is 2.34. The Morgan fingerprint density at radius 3 is 2.25 bits per heavy atom. The maximum Gasteiger partial charge on any atom is 0.244 e. The number of hydrogen-bond acceptors (Lipinski definition) is 7. The third-order valence-corrected chi connectivity index (χ3v) is 8.29. The summed E-state index contributed by atoms with van der Waals surface area (Å²) in [5.74, 6) is 0.574. The largest absolute Gasteiger partial charge is 0.497 e. The van der Waals surface area contributed by atoms with Gasteiger partial charge in [0.2, 0.25) is 21.8 Å². The quantitative estimate of drug-likeness (QED) is 0.387. The average molecular weight is 576 g/mol. The molecule has 0 saturated heterocycles. The number of anilines is 1. The molecule has 2 amide bonds. The van der Waals surface area contributed by atoms with E-state index in [0.29, 0.717) is 17.9 Å². The smallest absolute Gasteiger partial charge is 0.244 e. The summed E-state index contributed by atoms with van der Waals surface area (Å²) >= 11 is 0. The van der Waals surface area contributed by atoms with Crippen molar-refractivity contribution >= 4 is 27.5 Å². The molecule has 0 aromatic heterocycles. The third-order valence-electron chi connectivity index (χ3n) is 7.16. The van der Waals surface area contributed by atoms with Crippen molar-refractivity contribution in [3.05, 3.63) is 48.0 Å². The molecule has 40 heavy (non-hydrogen) atoms. The highest BCUT2D eigenvalue weighted by atomic mass is 32.2. The molecule has 2 aromatic rings. The molecule has 2 aromatic carbocycles. The van der Waals surface area contributed by atoms with E-state index < -0.39 is 28.5 Å². The maximum absolute atomic E-state index is 14.0. The molecule has 0 unspecified atom stereocenters. The zero-order chi connectivity index (χ0) is 29.3. The first kappa shape index (κ1) is 31.1. The molecule has 11 heteroatoms. The van der Waals surface area contributed by atoms with Gasteiger partial charge in [-0.2, -0.15) is 0 Å². The Bertz CT molecular complexity index is 1260. The van der Waals surface area contributed by atoms with Crippen LogP contribution in [0.4, 0.5) is 5.69 Å². The van der Waals surface area contributed by atoms with Gasteiger partial charge in [-0.05, 0) is 49.1 Å². The zero-order valence-corrected chi connectivity index (χ0v) is 24.8. The van der Waals surface area contributed by atoms with Crippen LogP contribution < -0.4 is 23.8 Å². The number of nitrogens with one attached hydrogen (secondary N) is 1. The Labute approximate surface area is 237 Å². The Hall–Kier alpha value is -3.47. The van der Waals surface area contributed by atoms with Gasteiger partial charge in [0.1, 0.15) is 29.8 Å². The number of sulfonamides is 1. The SMILES string of the molecule is CC[C@H](C(=O)NC1CCCCC1)N(Cc1cccc(OC)c1)C(=O)CN(c1ccc(OC)cc1OC)S(C)(=O)=O. The lowest BCUT2D eigenvalue weighted by molar-refractivity contribution is -0.140. The molecule has 1 atom stereocenters. The number of amides is 2. The van der Waals surface area contributed by atoms with E-state index in [2.05, 4.69) is 5.32 Å². The summed E-state index contributed by atoms with van der Waals surface area (Å²) in [6.07, 6.45) is 6.47. The van der Waals surface area contributed by atoms with Crippen LogP contribution in [-0.2, 0) is 26.2 Å². The number of ether oxygens (including phenoxy) is 3. The summed E-state index contributed by atoms with van der Waals surface area (Å²) in [4.78, 5) is 29.0. The van der Waals surface area contributed by atoms with Crippen LogP contribution in [0.15, 0.2) is 42.5 Å². The third kappa shape index (κ3) is 8.03. The number of nitrogens with zero attached hydrogens (tertiary/aromatic N) is 2. The predicted octanol–water partition coefficient (Wildman–Crippen LogP) is 3.73. The molecular weight excluding hydrogens is 534 g/mol. The molecule has 1 aliphatic carbocycles. The number of carbonyl (C=O) groups excluding carboxylic acids is 2. The Kier molecular flexibility index (Phi) is 11.1. The van der Waals surface area contributed by atoms with Crippen molar-refractivity contribution in [2.75, 3.05) is 38.4 Å². The molecule has 0 heterocycles. The minimum absolute atomic E-state index is 0.0696. The summed E-state index contributed by atoms with van der Waals surface area (Å²) in [6, 6.07) is 11.2. The zero-order valence-electron chi connectivity index (χ0n) is 24.0. The molecule has 1 saturated carbocycles. The van der Waals surface area contributed by atoms with Crippen molar-refractivity contribution in [1.82, 2.24) is 10.2 Å². The molecular formula is C29H41N3O7S. The van der Waals surface area contributed by atoms with Gasteiger partial charge < -0.3 is 24.4 Å². The standard InChI is InChI=1S/C29H41N3O7S/c1-6-25(29(34)30-22-12-8-7-9-13-22)31(19-21-11-10-14-23(17-21)37-2)28(33)20-32(40(5,35)36)26-16-15-24(38-3)18-27(26)39-4/h10-11,14-18,22,25H,6-9,12-13,19-20H2,1-5H3,(H,30,34)/t25-/m1/s1. The fourth-order valence-corrected chi connectivity index (χ4v) is 5.87. The summed E-state index contributed by atoms with van der Waals surface area (Å²) in [7, 11) is 0.550. The topological polar surface area (TPSA) is 114 Å². The van der Waals surface area contributed by atoms with Crippen molar-refractivity contribution in [2.24, 2.45) is 0 Å². The molecule has 10 nitrogen and oxygen atoms in total. The van der Waals surface area contributed by atoms with Crippen LogP contribution in [0.1, 0.15) is 51.0 Å². The fraction of sp³-hybridized carbons (Fsp3) is 0.517. The van der Waals surface area contributed by atoms with E-state index in [1.54, 1.807) is 31.4 Å². The first-order valence-corrected chi connectivity index (χ1v) is 15.4. The van der Waals surface area contributed by atoms with Gasteiger partial charge in [0.15, 0.2) is 0 Å². The Morgan fingerprint density at radius 1 is 0.975 bits per heavy atom. The molecule has 220 valence electrons. The number of benzene rings is 2. The van der Waals surface area contributed by atoms with Crippen LogP contribution in [0.5, 0.6) is 17.2 Å². The van der Waals surface area contributed by atoms with Gasteiger partial charge in [0.05, 0.1) is 33.3 Å². The van der Waals surface area contributed by atoms with Gasteiger partial charge >= 0.3 is 0 Å². The van der Waals surface area contributed by atoms with Crippen LogP contribution >= 0.6 is 0 Å². The van der Waals surface area contributed by atoms with Gasteiger partial charge in [-0.1, -0.05) is 38.3 Å². The Morgan fingerprint density at radius 2 is 1.65 bits per heavy atom. The van der Waals surface area contributed by atoms with E-state index in [1.165, 1.54) is 25.2 Å². The first-order valence-electron chi connectivity index (χ1n) is 13.5. The van der Waals surface area contributed by atoms with Crippen molar-refractivity contribution in [2.45, 2.75) is 64.1 Å². The molecule has 0 aliphatic heterocycles. The molecule has 1 N–H and O–H groups in total. The second kappa shape index (κ2) is 14.2. The lowest BCUT2D eigenvalue weighted by Gasteiger charge is -2.34. The second-order valence-corrected chi connectivity index (χ2v) is 11.9. The average Bonchev–Trinajstić information content (AvgIpc) is 2.95. The predicted molar refractivity (Wildman–Crippen MR) is 154 cm³/mol. The monoisotopic (exact) mass is 575 g/mol. The van der Waals surface area contributed by atoms with E-state index in [9.17, 15) is 18.0 Å². The number of rotatable bonds is 13. The molecule has 0 radical (unpaired) electrons. The molecule has 1 aliphatic rings. The van der Waals surface area contributed by atoms with E-state index in [-0.39, 0.29) is 29.9 Å². The summed E-state index contributed by atoms with van der Waals surface area (Å²) < 4.78 is 42.9. The lowest BCUT2D eigenvalue weighted by atomic mass is 9.95. The van der Waals surface area contributed by atoms with E-state index in [4.69, 9.17) is 14.2 Å². The summed E-state index contributed by atoms with van der Waals surface area (Å²) in [5, 5.41) is 3.14. The Balaban J connectivity index is 1.97. The van der Waals surface area contributed by atoms with Gasteiger partial charge in [-0.25, -0.2) is 8.42 Å². The molecule has 0 spiro atoms. The normalized spacial score (nSPS) is 14.6. The summed E-state index contributed by atoms with van der Waals surface area (Å²) in [6.45, 7) is 1.43. The first-order chi connectivity index (χ1) is 19.1. The molecule has 1 fully saturated rings. The van der Waals surface area contributed by atoms with E-state index in [0.717, 1.165) is 48.2 Å². The number of methoxy groups -OCH3 is 3. The van der Waals surface area contributed by atoms with Gasteiger partial charge in [-0.15, -0.1) is 0 Å². The molecule has 3 rings (SSSR count). The second-order valence-electron chi connectivity index (χ2n) is 9.95. The number of hydrogen-bond donors (Lipinski definition) is 1. The van der Waals surface area contributed by atoms with Crippen molar-refractivity contribution in [3.63, 3.8) is 0 Å². The van der Waals surface area contributed by atoms with Crippen LogP contribution in [0.2, 0.25) is 0 Å². The number of carbonyl (C=O) groups is 2.